The highest BCUT2D eigenvalue weighted by molar-refractivity contribution is 6.35. The number of carbonyl (C=O) groups is 4. The molecule has 2 aromatic rings. The third-order valence-corrected chi connectivity index (χ3v) is 6.98. The molecule has 0 radical (unpaired) electrons. The Morgan fingerprint density at radius 1 is 1.00 bits per heavy atom. The molecule has 0 bridgehead atoms. The summed E-state index contributed by atoms with van der Waals surface area (Å²) in [5.41, 5.74) is 1.42. The predicted molar refractivity (Wildman–Crippen MR) is 140 cm³/mol. The molecule has 0 aliphatic carbocycles. The minimum Gasteiger partial charge on any atom is -0.352 e. The molecular formula is C27H31Cl2N3O4. The fourth-order valence-electron chi connectivity index (χ4n) is 4.17. The largest absolute Gasteiger partial charge is 0.352 e. The number of imide groups is 1. The molecule has 0 fully saturated rings. The van der Waals surface area contributed by atoms with Gasteiger partial charge < -0.3 is 10.2 Å². The van der Waals surface area contributed by atoms with Crippen LogP contribution in [-0.2, 0) is 16.1 Å². The normalized spacial score (nSPS) is 14.4. The Bertz CT molecular complexity index is 1120. The van der Waals surface area contributed by atoms with Crippen LogP contribution in [0, 0.1) is 0 Å². The summed E-state index contributed by atoms with van der Waals surface area (Å²) in [6.07, 6.45) is 1.52. The first-order chi connectivity index (χ1) is 17.2. The molecule has 192 valence electrons. The van der Waals surface area contributed by atoms with Crippen molar-refractivity contribution < 1.29 is 19.2 Å². The number of nitrogens with one attached hydrogen (secondary N) is 1. The number of amides is 4. The highest BCUT2D eigenvalue weighted by Gasteiger charge is 2.35. The van der Waals surface area contributed by atoms with Crippen LogP contribution >= 0.6 is 23.2 Å². The average Bonchev–Trinajstić information content (AvgIpc) is 3.10. The fourth-order valence-corrected chi connectivity index (χ4v) is 4.64. The maximum Gasteiger partial charge on any atom is 0.261 e. The van der Waals surface area contributed by atoms with Crippen LogP contribution in [0.1, 0.15) is 72.7 Å². The number of rotatable bonds is 11. The Kier molecular flexibility index (Phi) is 9.51. The van der Waals surface area contributed by atoms with Gasteiger partial charge in [0.1, 0.15) is 6.04 Å². The first kappa shape index (κ1) is 27.7. The van der Waals surface area contributed by atoms with Crippen LogP contribution in [-0.4, -0.2) is 52.1 Å². The number of hydrogen-bond donors (Lipinski definition) is 1. The van der Waals surface area contributed by atoms with Gasteiger partial charge in [-0.3, -0.25) is 24.1 Å². The second-order valence-electron chi connectivity index (χ2n) is 8.91. The SMILES string of the molecule is CC[C@H](C(=O)N[C@@H](C)CC)N(Cc1ccc(Cl)cc1Cl)C(=O)CCCN1C(=O)c2ccccc2C1=O. The Balaban J connectivity index is 1.74. The predicted octanol–water partition coefficient (Wildman–Crippen LogP) is 5.09. The van der Waals surface area contributed by atoms with Gasteiger partial charge in [-0.2, -0.15) is 0 Å². The fraction of sp³-hybridized carbons (Fsp3) is 0.407. The lowest BCUT2D eigenvalue weighted by Crippen LogP contribution is -2.50. The number of benzene rings is 2. The number of nitrogens with zero attached hydrogens (tertiary/aromatic N) is 2. The molecule has 36 heavy (non-hydrogen) atoms. The van der Waals surface area contributed by atoms with Gasteiger partial charge in [0.15, 0.2) is 0 Å². The summed E-state index contributed by atoms with van der Waals surface area (Å²) in [5, 5.41) is 3.85. The molecular weight excluding hydrogens is 501 g/mol. The van der Waals surface area contributed by atoms with Crippen molar-refractivity contribution in [3.63, 3.8) is 0 Å². The summed E-state index contributed by atoms with van der Waals surface area (Å²) >= 11 is 12.4. The summed E-state index contributed by atoms with van der Waals surface area (Å²) in [5.74, 6) is -1.20. The van der Waals surface area contributed by atoms with Gasteiger partial charge in [-0.1, -0.05) is 55.2 Å². The van der Waals surface area contributed by atoms with Gasteiger partial charge in [0.25, 0.3) is 11.8 Å². The minimum absolute atomic E-state index is 0.0311. The zero-order valence-corrected chi connectivity index (χ0v) is 22.2. The molecule has 4 amide bonds. The summed E-state index contributed by atoms with van der Waals surface area (Å²) in [4.78, 5) is 54.4. The highest BCUT2D eigenvalue weighted by atomic mass is 35.5. The Labute approximate surface area is 221 Å². The molecule has 1 aliphatic heterocycles. The number of fused-ring (bicyclic) bond motifs is 1. The summed E-state index contributed by atoms with van der Waals surface area (Å²) in [7, 11) is 0. The lowest BCUT2D eigenvalue weighted by molar-refractivity contribution is -0.141. The summed E-state index contributed by atoms with van der Waals surface area (Å²) < 4.78 is 0. The molecule has 1 heterocycles. The molecule has 2 atom stereocenters. The molecule has 7 nitrogen and oxygen atoms in total. The molecule has 9 heteroatoms. The number of carbonyl (C=O) groups excluding carboxylic acids is 4. The first-order valence-corrected chi connectivity index (χ1v) is 12.9. The molecule has 3 rings (SSSR count). The lowest BCUT2D eigenvalue weighted by atomic mass is 10.1. The van der Waals surface area contributed by atoms with E-state index in [1.165, 1.54) is 9.80 Å². The van der Waals surface area contributed by atoms with Gasteiger partial charge in [-0.25, -0.2) is 0 Å². The van der Waals surface area contributed by atoms with Crippen LogP contribution in [0.5, 0.6) is 0 Å². The van der Waals surface area contributed by atoms with Crippen LogP contribution in [0.15, 0.2) is 42.5 Å². The van der Waals surface area contributed by atoms with Crippen LogP contribution in [0.3, 0.4) is 0 Å². The van der Waals surface area contributed by atoms with E-state index in [0.717, 1.165) is 6.42 Å². The van der Waals surface area contributed by atoms with Crippen molar-refractivity contribution in [1.29, 1.82) is 0 Å². The molecule has 1 aliphatic rings. The molecule has 0 aromatic heterocycles. The van der Waals surface area contributed by atoms with Gasteiger partial charge in [-0.15, -0.1) is 0 Å². The molecule has 0 saturated carbocycles. The van der Waals surface area contributed by atoms with Crippen LogP contribution in [0.25, 0.3) is 0 Å². The molecule has 0 unspecified atom stereocenters. The van der Waals surface area contributed by atoms with Gasteiger partial charge >= 0.3 is 0 Å². The number of halogens is 2. The maximum absolute atomic E-state index is 13.4. The second kappa shape index (κ2) is 12.4. The van der Waals surface area contributed by atoms with Crippen LogP contribution < -0.4 is 5.32 Å². The van der Waals surface area contributed by atoms with Crippen molar-refractivity contribution >= 4 is 46.8 Å². The van der Waals surface area contributed by atoms with Crippen molar-refractivity contribution in [1.82, 2.24) is 15.1 Å². The van der Waals surface area contributed by atoms with Crippen molar-refractivity contribution in [3.8, 4) is 0 Å². The Morgan fingerprint density at radius 2 is 1.64 bits per heavy atom. The van der Waals surface area contributed by atoms with Crippen molar-refractivity contribution in [3.05, 3.63) is 69.2 Å². The van der Waals surface area contributed by atoms with Gasteiger partial charge in [-0.05, 0) is 56.0 Å². The van der Waals surface area contributed by atoms with Crippen molar-refractivity contribution in [2.75, 3.05) is 6.54 Å². The zero-order valence-electron chi connectivity index (χ0n) is 20.7. The molecule has 2 aromatic carbocycles. The quantitative estimate of drug-likeness (QED) is 0.409. The van der Waals surface area contributed by atoms with Crippen molar-refractivity contribution in [2.45, 2.75) is 65.1 Å². The molecule has 0 spiro atoms. The van der Waals surface area contributed by atoms with Gasteiger partial charge in [0, 0.05) is 35.6 Å². The van der Waals surface area contributed by atoms with E-state index in [1.807, 2.05) is 20.8 Å². The average molecular weight is 532 g/mol. The monoisotopic (exact) mass is 531 g/mol. The third kappa shape index (κ3) is 6.26. The van der Waals surface area contributed by atoms with E-state index >= 15 is 0 Å². The minimum atomic E-state index is -0.697. The Hall–Kier alpha value is -2.90. The van der Waals surface area contributed by atoms with E-state index < -0.39 is 6.04 Å². The van der Waals surface area contributed by atoms with E-state index in [0.29, 0.717) is 33.2 Å². The van der Waals surface area contributed by atoms with E-state index in [4.69, 9.17) is 23.2 Å². The lowest BCUT2D eigenvalue weighted by Gasteiger charge is -2.32. The standard InChI is InChI=1S/C27H31Cl2N3O4/c1-4-17(3)30-25(34)23(5-2)32(16-18-12-13-19(28)15-22(18)29)24(33)11-8-14-31-26(35)20-9-6-7-10-21(20)27(31)36/h6-7,9-10,12-13,15,17,23H,4-5,8,11,14,16H2,1-3H3,(H,30,34)/t17-,23+/m0/s1. The smallest absolute Gasteiger partial charge is 0.261 e. The van der Waals surface area contributed by atoms with E-state index in [-0.39, 0.29) is 55.6 Å². The van der Waals surface area contributed by atoms with Crippen LogP contribution in [0.4, 0.5) is 0 Å². The van der Waals surface area contributed by atoms with Crippen molar-refractivity contribution in [2.24, 2.45) is 0 Å². The van der Waals surface area contributed by atoms with Gasteiger partial charge in [0.2, 0.25) is 11.8 Å². The second-order valence-corrected chi connectivity index (χ2v) is 9.75. The van der Waals surface area contributed by atoms with Gasteiger partial charge in [0.05, 0.1) is 11.1 Å². The number of hydrogen-bond acceptors (Lipinski definition) is 4. The van der Waals surface area contributed by atoms with E-state index in [2.05, 4.69) is 5.32 Å². The Morgan fingerprint density at radius 3 is 2.19 bits per heavy atom. The topological polar surface area (TPSA) is 86.8 Å². The van der Waals surface area contributed by atoms with E-state index in [9.17, 15) is 19.2 Å². The summed E-state index contributed by atoms with van der Waals surface area (Å²) in [6, 6.07) is 11.0. The first-order valence-electron chi connectivity index (χ1n) is 12.2. The molecule has 1 N–H and O–H groups in total. The zero-order chi connectivity index (χ0) is 26.4. The summed E-state index contributed by atoms with van der Waals surface area (Å²) in [6.45, 7) is 5.98. The molecule has 0 saturated heterocycles. The maximum atomic E-state index is 13.4. The van der Waals surface area contributed by atoms with Crippen LogP contribution in [0.2, 0.25) is 10.0 Å². The highest BCUT2D eigenvalue weighted by Crippen LogP contribution is 2.25. The third-order valence-electron chi connectivity index (χ3n) is 6.39. The van der Waals surface area contributed by atoms with E-state index in [1.54, 1.807) is 42.5 Å².